The lowest BCUT2D eigenvalue weighted by Crippen LogP contribution is -2.07. The zero-order chi connectivity index (χ0) is 10.1. The van der Waals surface area contributed by atoms with Gasteiger partial charge in [0, 0.05) is 13.5 Å². The summed E-state index contributed by atoms with van der Waals surface area (Å²) in [5.74, 6) is 0.986. The Bertz CT molecular complexity index is 458. The molecule has 0 spiro atoms. The quantitative estimate of drug-likeness (QED) is 0.683. The molecule has 0 bridgehead atoms. The second kappa shape index (κ2) is 3.31. The molecule has 0 atom stereocenters. The molecular formula is C10H14N4. The van der Waals surface area contributed by atoms with Gasteiger partial charge in [-0.2, -0.15) is 0 Å². The maximum absolute atomic E-state index is 5.87. The summed E-state index contributed by atoms with van der Waals surface area (Å²) in [6.45, 7) is 0.608. The number of anilines is 1. The molecule has 1 heterocycles. The van der Waals surface area contributed by atoms with Gasteiger partial charge in [0.2, 0.25) is 0 Å². The normalized spacial score (nSPS) is 11.0. The Morgan fingerprint density at radius 2 is 2.21 bits per heavy atom. The zero-order valence-electron chi connectivity index (χ0n) is 8.20. The molecule has 0 fully saturated rings. The first-order chi connectivity index (χ1) is 6.74. The van der Waals surface area contributed by atoms with Crippen LogP contribution in [0.15, 0.2) is 18.2 Å². The van der Waals surface area contributed by atoms with Crippen LogP contribution in [-0.4, -0.2) is 16.1 Å². The van der Waals surface area contributed by atoms with Crippen LogP contribution in [0.5, 0.6) is 0 Å². The van der Waals surface area contributed by atoms with Gasteiger partial charge in [-0.3, -0.25) is 0 Å². The largest absolute Gasteiger partial charge is 0.397 e. The number of fused-ring (bicyclic) bond motifs is 1. The van der Waals surface area contributed by atoms with Crippen LogP contribution in [0.3, 0.4) is 0 Å². The number of imidazole rings is 1. The fraction of sp³-hybridized carbons (Fsp3) is 0.300. The molecule has 0 radical (unpaired) electrons. The van der Waals surface area contributed by atoms with E-state index < -0.39 is 0 Å². The van der Waals surface area contributed by atoms with Crippen molar-refractivity contribution in [1.29, 1.82) is 0 Å². The van der Waals surface area contributed by atoms with Crippen molar-refractivity contribution in [2.24, 2.45) is 12.8 Å². The molecular weight excluding hydrogens is 176 g/mol. The third-order valence-corrected chi connectivity index (χ3v) is 2.39. The monoisotopic (exact) mass is 190 g/mol. The highest BCUT2D eigenvalue weighted by molar-refractivity contribution is 5.87. The van der Waals surface area contributed by atoms with E-state index in [4.69, 9.17) is 11.5 Å². The van der Waals surface area contributed by atoms with Gasteiger partial charge < -0.3 is 16.0 Å². The highest BCUT2D eigenvalue weighted by Crippen LogP contribution is 2.20. The second-order valence-electron chi connectivity index (χ2n) is 3.34. The molecule has 1 aromatic heterocycles. The highest BCUT2D eigenvalue weighted by Gasteiger charge is 2.08. The van der Waals surface area contributed by atoms with Crippen molar-refractivity contribution in [2.45, 2.75) is 6.42 Å². The predicted molar refractivity (Wildman–Crippen MR) is 57.9 cm³/mol. The van der Waals surface area contributed by atoms with E-state index in [0.717, 1.165) is 29.0 Å². The summed E-state index contributed by atoms with van der Waals surface area (Å²) in [7, 11) is 1.97. The van der Waals surface area contributed by atoms with Crippen LogP contribution in [-0.2, 0) is 13.5 Å². The smallest absolute Gasteiger partial charge is 0.110 e. The topological polar surface area (TPSA) is 69.9 Å². The van der Waals surface area contributed by atoms with Crippen LogP contribution in [0.2, 0.25) is 0 Å². The molecule has 0 unspecified atom stereocenters. The summed E-state index contributed by atoms with van der Waals surface area (Å²) in [6.07, 6.45) is 0.782. The number of hydrogen-bond acceptors (Lipinski definition) is 3. The summed E-state index contributed by atoms with van der Waals surface area (Å²) in [5.41, 5.74) is 14.1. The number of rotatable bonds is 2. The first kappa shape index (κ1) is 9.02. The van der Waals surface area contributed by atoms with Gasteiger partial charge in [-0.1, -0.05) is 6.07 Å². The number of aryl methyl sites for hydroxylation is 1. The van der Waals surface area contributed by atoms with Crippen molar-refractivity contribution < 1.29 is 0 Å². The van der Waals surface area contributed by atoms with Crippen LogP contribution in [0.1, 0.15) is 5.82 Å². The Morgan fingerprint density at radius 1 is 1.43 bits per heavy atom. The van der Waals surface area contributed by atoms with E-state index in [1.54, 1.807) is 0 Å². The van der Waals surface area contributed by atoms with Crippen molar-refractivity contribution in [3.8, 4) is 0 Å². The lowest BCUT2D eigenvalue weighted by atomic mass is 10.3. The zero-order valence-corrected chi connectivity index (χ0v) is 8.20. The number of nitrogens with two attached hydrogens (primary N) is 2. The molecule has 0 aliphatic heterocycles. The van der Waals surface area contributed by atoms with Gasteiger partial charge in [-0.05, 0) is 18.7 Å². The number of benzene rings is 1. The molecule has 0 saturated carbocycles. The summed E-state index contributed by atoms with van der Waals surface area (Å²) < 4.78 is 2.01. The number of hydrogen-bond donors (Lipinski definition) is 2. The van der Waals surface area contributed by atoms with Crippen molar-refractivity contribution in [3.05, 3.63) is 24.0 Å². The molecule has 4 heteroatoms. The minimum absolute atomic E-state index is 0.608. The van der Waals surface area contributed by atoms with Gasteiger partial charge >= 0.3 is 0 Å². The van der Waals surface area contributed by atoms with Crippen LogP contribution >= 0.6 is 0 Å². The van der Waals surface area contributed by atoms with Crippen molar-refractivity contribution >= 4 is 16.7 Å². The van der Waals surface area contributed by atoms with Gasteiger partial charge in [-0.15, -0.1) is 0 Å². The Balaban J connectivity index is 2.68. The van der Waals surface area contributed by atoms with Crippen LogP contribution < -0.4 is 11.5 Å². The molecule has 74 valence electrons. The summed E-state index contributed by atoms with van der Waals surface area (Å²) >= 11 is 0. The molecule has 1 aromatic carbocycles. The maximum Gasteiger partial charge on any atom is 0.110 e. The van der Waals surface area contributed by atoms with Gasteiger partial charge in [0.05, 0.1) is 16.7 Å². The second-order valence-corrected chi connectivity index (χ2v) is 3.34. The van der Waals surface area contributed by atoms with E-state index >= 15 is 0 Å². The minimum Gasteiger partial charge on any atom is -0.397 e. The fourth-order valence-electron chi connectivity index (χ4n) is 1.70. The average molecular weight is 190 g/mol. The lowest BCUT2D eigenvalue weighted by molar-refractivity contribution is 0.794. The van der Waals surface area contributed by atoms with Gasteiger partial charge in [0.1, 0.15) is 5.82 Å². The molecule has 0 amide bonds. The van der Waals surface area contributed by atoms with E-state index in [2.05, 4.69) is 4.98 Å². The SMILES string of the molecule is Cn1c(CCN)nc2cccc(N)c21. The van der Waals surface area contributed by atoms with Crippen molar-refractivity contribution in [3.63, 3.8) is 0 Å². The first-order valence-corrected chi connectivity index (χ1v) is 4.64. The highest BCUT2D eigenvalue weighted by atomic mass is 15.1. The third kappa shape index (κ3) is 1.24. The maximum atomic E-state index is 5.87. The van der Waals surface area contributed by atoms with E-state index in [1.165, 1.54) is 0 Å². The van der Waals surface area contributed by atoms with Crippen molar-refractivity contribution in [1.82, 2.24) is 9.55 Å². The predicted octanol–water partition coefficient (Wildman–Crippen LogP) is 0.657. The summed E-state index contributed by atoms with van der Waals surface area (Å²) in [5, 5.41) is 0. The Hall–Kier alpha value is -1.55. The molecule has 4 nitrogen and oxygen atoms in total. The van der Waals surface area contributed by atoms with E-state index in [0.29, 0.717) is 6.54 Å². The lowest BCUT2D eigenvalue weighted by Gasteiger charge is -2.01. The first-order valence-electron chi connectivity index (χ1n) is 4.64. The van der Waals surface area contributed by atoms with E-state index in [1.807, 2.05) is 29.8 Å². The standard InChI is InChI=1S/C10H14N4/c1-14-9(5-6-11)13-8-4-2-3-7(12)10(8)14/h2-4H,5-6,11-12H2,1H3. The van der Waals surface area contributed by atoms with Crippen LogP contribution in [0, 0.1) is 0 Å². The number of aromatic nitrogens is 2. The van der Waals surface area contributed by atoms with Gasteiger partial charge in [0.15, 0.2) is 0 Å². The molecule has 14 heavy (non-hydrogen) atoms. The third-order valence-electron chi connectivity index (χ3n) is 2.39. The van der Waals surface area contributed by atoms with Crippen molar-refractivity contribution in [2.75, 3.05) is 12.3 Å². The Labute approximate surface area is 82.5 Å². The molecule has 4 N–H and O–H groups in total. The summed E-state index contributed by atoms with van der Waals surface area (Å²) in [4.78, 5) is 4.47. The van der Waals surface area contributed by atoms with Gasteiger partial charge in [-0.25, -0.2) is 4.98 Å². The van der Waals surface area contributed by atoms with E-state index in [-0.39, 0.29) is 0 Å². The minimum atomic E-state index is 0.608. The summed E-state index contributed by atoms with van der Waals surface area (Å²) in [6, 6.07) is 5.76. The molecule has 0 saturated heterocycles. The number of nitrogens with zero attached hydrogens (tertiary/aromatic N) is 2. The van der Waals surface area contributed by atoms with Gasteiger partial charge in [0.25, 0.3) is 0 Å². The van der Waals surface area contributed by atoms with Crippen LogP contribution in [0.25, 0.3) is 11.0 Å². The Morgan fingerprint density at radius 3 is 2.86 bits per heavy atom. The number of nitrogen functional groups attached to an aromatic ring is 1. The number of para-hydroxylation sites is 1. The molecule has 2 aromatic rings. The van der Waals surface area contributed by atoms with Crippen LogP contribution in [0.4, 0.5) is 5.69 Å². The van der Waals surface area contributed by atoms with E-state index in [9.17, 15) is 0 Å². The fourth-order valence-corrected chi connectivity index (χ4v) is 1.70. The molecule has 0 aliphatic rings. The molecule has 2 rings (SSSR count). The molecule has 0 aliphatic carbocycles. The average Bonchev–Trinajstić information content (AvgIpc) is 2.46. The Kier molecular flexibility index (Phi) is 2.13.